The zero-order valence-corrected chi connectivity index (χ0v) is 27.0. The number of carbonyl (C=O) groups excluding carboxylic acids is 2. The van der Waals surface area contributed by atoms with Crippen LogP contribution in [0.5, 0.6) is 0 Å². The topological polar surface area (TPSA) is 125 Å². The Morgan fingerprint density at radius 3 is 2.59 bits per heavy atom. The van der Waals surface area contributed by atoms with Crippen molar-refractivity contribution in [3.8, 4) is 0 Å². The highest BCUT2D eigenvalue weighted by Gasteiger charge is 2.49. The molecule has 2 aromatic carbocycles. The van der Waals surface area contributed by atoms with E-state index < -0.39 is 40.0 Å². The summed E-state index contributed by atoms with van der Waals surface area (Å²) in [5, 5.41) is 9.77. The van der Waals surface area contributed by atoms with Crippen LogP contribution in [-0.4, -0.2) is 61.8 Å². The summed E-state index contributed by atoms with van der Waals surface area (Å²) in [5.74, 6) is -1.75. The zero-order chi connectivity index (χ0) is 32.0. The maximum atomic E-state index is 14.3. The number of allylic oxidation sites excluding steroid dienone is 2. The van der Waals surface area contributed by atoms with E-state index >= 15 is 0 Å². The first-order chi connectivity index (χ1) is 20.9. The molecular formula is C32H37Cl2N3O6S. The molecule has 1 aliphatic carbocycles. The third-order valence-electron chi connectivity index (χ3n) is 7.78. The van der Waals surface area contributed by atoms with Gasteiger partial charge in [-0.2, -0.15) is 0 Å². The van der Waals surface area contributed by atoms with Crippen molar-refractivity contribution in [2.24, 2.45) is 0 Å². The summed E-state index contributed by atoms with van der Waals surface area (Å²) in [7, 11) is -3.59. The molecule has 12 heteroatoms. The number of sulfonamides is 1. The smallest absolute Gasteiger partial charge is 0.255 e. The lowest BCUT2D eigenvalue weighted by atomic mass is 9.76. The second-order valence-electron chi connectivity index (χ2n) is 11.2. The average molecular weight is 663 g/mol. The van der Waals surface area contributed by atoms with Crippen molar-refractivity contribution in [2.75, 3.05) is 19.5 Å². The zero-order valence-electron chi connectivity index (χ0n) is 24.6. The summed E-state index contributed by atoms with van der Waals surface area (Å²) in [6.45, 7) is 5.45. The summed E-state index contributed by atoms with van der Waals surface area (Å²) in [6, 6.07) is 9.84. The third-order valence-corrected chi connectivity index (χ3v) is 9.07. The number of benzene rings is 2. The number of hydroxylamine groups is 1. The molecule has 9 nitrogen and oxygen atoms in total. The van der Waals surface area contributed by atoms with E-state index in [9.17, 15) is 18.0 Å². The van der Waals surface area contributed by atoms with Crippen LogP contribution < -0.4 is 10.2 Å². The number of fused-ring (bicyclic) bond motifs is 1. The SMILES string of the molecule is C=C(/C=C\C=C(/C)CONC(=O)[C@@H]1c2ccccc2C(=O)N([C@H]2CCCC[C@@H]2NS(C)(=O)=O)[C@H]1c1ccc(Cl)cc1Cl)CO. The van der Waals surface area contributed by atoms with Crippen LogP contribution in [0.15, 0.2) is 78.4 Å². The lowest BCUT2D eigenvalue weighted by molar-refractivity contribution is -0.136. The highest BCUT2D eigenvalue weighted by molar-refractivity contribution is 7.88. The minimum atomic E-state index is -3.59. The van der Waals surface area contributed by atoms with Gasteiger partial charge < -0.3 is 10.0 Å². The summed E-state index contributed by atoms with van der Waals surface area (Å²) < 4.78 is 27.4. The van der Waals surface area contributed by atoms with Crippen LogP contribution in [0.25, 0.3) is 0 Å². The fourth-order valence-corrected chi connectivity index (χ4v) is 7.21. The Morgan fingerprint density at radius 1 is 1.16 bits per heavy atom. The van der Waals surface area contributed by atoms with Gasteiger partial charge in [-0.3, -0.25) is 14.4 Å². The van der Waals surface area contributed by atoms with Gasteiger partial charge in [0.2, 0.25) is 10.0 Å². The standard InChI is InChI=1S/C32H37Cl2N3O6S/c1-20(18-38)9-8-10-21(2)19-43-35-31(39)29-23-11-4-5-12-24(23)32(40)37(30(29)25-16-15-22(33)17-26(25)34)28-14-7-6-13-27(28)36-44(3,41)42/h4-5,8-12,15-17,27-30,36,38H,1,6-7,13-14,18-19H2,2-3H3,(H,35,39)/b9-8-,21-10+/t27-,28-,29+,30-/m0/s1. The highest BCUT2D eigenvalue weighted by Crippen LogP contribution is 2.47. The molecule has 3 N–H and O–H groups in total. The minimum Gasteiger partial charge on any atom is -0.392 e. The number of hydrogen-bond acceptors (Lipinski definition) is 6. The summed E-state index contributed by atoms with van der Waals surface area (Å²) >= 11 is 13.0. The molecule has 1 aliphatic heterocycles. The molecule has 4 atom stereocenters. The Kier molecular flexibility index (Phi) is 11.4. The van der Waals surface area contributed by atoms with Gasteiger partial charge in [0.25, 0.3) is 11.8 Å². The van der Waals surface area contributed by atoms with E-state index in [1.54, 1.807) is 65.6 Å². The molecule has 44 heavy (non-hydrogen) atoms. The van der Waals surface area contributed by atoms with Gasteiger partial charge in [-0.15, -0.1) is 0 Å². The van der Waals surface area contributed by atoms with E-state index in [-0.39, 0.29) is 24.1 Å². The lowest BCUT2D eigenvalue weighted by Crippen LogP contribution is -2.59. The van der Waals surface area contributed by atoms with E-state index in [1.807, 2.05) is 6.92 Å². The van der Waals surface area contributed by atoms with Gasteiger partial charge >= 0.3 is 0 Å². The van der Waals surface area contributed by atoms with Gasteiger partial charge in [0, 0.05) is 27.7 Å². The summed E-state index contributed by atoms with van der Waals surface area (Å²) in [6.07, 6.45) is 8.92. The molecule has 1 fully saturated rings. The Balaban J connectivity index is 1.75. The molecule has 1 saturated carbocycles. The third kappa shape index (κ3) is 8.18. The molecule has 0 radical (unpaired) electrons. The molecule has 2 amide bonds. The molecule has 0 unspecified atom stereocenters. The van der Waals surface area contributed by atoms with Crippen molar-refractivity contribution in [1.82, 2.24) is 15.1 Å². The van der Waals surface area contributed by atoms with Gasteiger partial charge in [-0.1, -0.05) is 85.1 Å². The van der Waals surface area contributed by atoms with E-state index in [0.29, 0.717) is 40.1 Å². The van der Waals surface area contributed by atoms with Crippen LogP contribution in [0.4, 0.5) is 0 Å². The molecule has 2 aromatic rings. The molecule has 2 aliphatic rings. The first kappa shape index (κ1) is 33.9. The number of nitrogens with one attached hydrogen (secondary N) is 2. The van der Waals surface area contributed by atoms with Crippen LogP contribution in [0.3, 0.4) is 0 Å². The number of aliphatic hydroxyl groups excluding tert-OH is 1. The van der Waals surface area contributed by atoms with Gasteiger partial charge in [0.15, 0.2) is 0 Å². The van der Waals surface area contributed by atoms with Crippen molar-refractivity contribution < 1.29 is 28.0 Å². The van der Waals surface area contributed by atoms with Gasteiger partial charge in [0.1, 0.15) is 0 Å². The highest BCUT2D eigenvalue weighted by atomic mass is 35.5. The predicted molar refractivity (Wildman–Crippen MR) is 172 cm³/mol. The molecule has 0 saturated heterocycles. The van der Waals surface area contributed by atoms with Crippen LogP contribution in [0, 0.1) is 0 Å². The lowest BCUT2D eigenvalue weighted by Gasteiger charge is -2.49. The summed E-state index contributed by atoms with van der Waals surface area (Å²) in [5.41, 5.74) is 5.28. The first-order valence-corrected chi connectivity index (χ1v) is 16.9. The average Bonchev–Trinajstić information content (AvgIpc) is 2.97. The fourth-order valence-electron chi connectivity index (χ4n) is 5.86. The number of carbonyl (C=O) groups is 2. The number of nitrogens with zero attached hydrogens (tertiary/aromatic N) is 1. The first-order valence-electron chi connectivity index (χ1n) is 14.3. The maximum absolute atomic E-state index is 14.3. The molecule has 1 heterocycles. The Hall–Kier alpha value is -2.99. The summed E-state index contributed by atoms with van der Waals surface area (Å²) in [4.78, 5) is 35.6. The van der Waals surface area contributed by atoms with E-state index in [4.69, 9.17) is 33.1 Å². The fraction of sp³-hybridized carbons (Fsp3) is 0.375. The predicted octanol–water partition coefficient (Wildman–Crippen LogP) is 5.23. The Labute approximate surface area is 268 Å². The van der Waals surface area contributed by atoms with Crippen molar-refractivity contribution in [1.29, 1.82) is 0 Å². The molecule has 236 valence electrons. The quantitative estimate of drug-likeness (QED) is 0.224. The van der Waals surface area contributed by atoms with Crippen molar-refractivity contribution in [2.45, 2.75) is 56.7 Å². The molecule has 4 rings (SSSR count). The van der Waals surface area contributed by atoms with Crippen molar-refractivity contribution in [3.05, 3.63) is 105 Å². The number of amides is 2. The van der Waals surface area contributed by atoms with Gasteiger partial charge in [-0.05, 0) is 60.2 Å². The molecular weight excluding hydrogens is 625 g/mol. The number of halogens is 2. The number of aliphatic hydroxyl groups is 1. The van der Waals surface area contributed by atoms with Crippen LogP contribution in [0.2, 0.25) is 10.0 Å². The maximum Gasteiger partial charge on any atom is 0.255 e. The van der Waals surface area contributed by atoms with Gasteiger partial charge in [-0.25, -0.2) is 18.6 Å². The van der Waals surface area contributed by atoms with E-state index in [2.05, 4.69) is 16.8 Å². The van der Waals surface area contributed by atoms with Crippen molar-refractivity contribution >= 4 is 45.0 Å². The molecule has 0 bridgehead atoms. The second-order valence-corrected chi connectivity index (χ2v) is 13.8. The van der Waals surface area contributed by atoms with Gasteiger partial charge in [0.05, 0.1) is 31.4 Å². The minimum absolute atomic E-state index is 0.0774. The van der Waals surface area contributed by atoms with Crippen LogP contribution >= 0.6 is 23.2 Å². The van der Waals surface area contributed by atoms with E-state index in [0.717, 1.165) is 24.7 Å². The number of rotatable bonds is 11. The largest absolute Gasteiger partial charge is 0.392 e. The van der Waals surface area contributed by atoms with Crippen molar-refractivity contribution in [3.63, 3.8) is 0 Å². The van der Waals surface area contributed by atoms with Crippen LogP contribution in [0.1, 0.15) is 66.1 Å². The van der Waals surface area contributed by atoms with E-state index in [1.165, 1.54) is 0 Å². The monoisotopic (exact) mass is 661 g/mol. The Morgan fingerprint density at radius 2 is 1.89 bits per heavy atom. The molecule has 0 spiro atoms. The normalized spacial score (nSPS) is 22.6. The Bertz CT molecular complexity index is 1580. The second kappa shape index (κ2) is 14.9. The van der Waals surface area contributed by atoms with Crippen LogP contribution in [-0.2, 0) is 19.7 Å². The molecule has 0 aromatic heterocycles. The number of hydrogen-bond donors (Lipinski definition) is 3.